The van der Waals surface area contributed by atoms with Gasteiger partial charge in [-0.1, -0.05) is 25.5 Å². The van der Waals surface area contributed by atoms with E-state index >= 15 is 0 Å². The maximum atomic E-state index is 12.4. The zero-order chi connectivity index (χ0) is 15.2. The molecule has 0 fully saturated rings. The summed E-state index contributed by atoms with van der Waals surface area (Å²) in [6, 6.07) is 6.88. The monoisotopic (exact) mass is 289 g/mol. The third kappa shape index (κ3) is 3.46. The number of carbonyl (C=O) groups is 1. The van der Waals surface area contributed by atoms with Crippen LogP contribution in [0.2, 0.25) is 0 Å². The molecule has 1 heterocycles. The standard InChI is InChI=1S/C15H19N3O3/c1-2-3-8-18(9-10-19)15(21)13-16-12-7-5-4-6-11(12)14(20)17-13/h4-7,19H,2-3,8-10H2,1H3,(H,16,17,20). The Morgan fingerprint density at radius 2 is 2.10 bits per heavy atom. The third-order valence-electron chi connectivity index (χ3n) is 3.25. The molecule has 21 heavy (non-hydrogen) atoms. The number of para-hydroxylation sites is 1. The fraction of sp³-hybridized carbons (Fsp3) is 0.400. The lowest BCUT2D eigenvalue weighted by Crippen LogP contribution is -2.36. The number of unbranched alkanes of at least 4 members (excludes halogenated alkanes) is 1. The lowest BCUT2D eigenvalue weighted by Gasteiger charge is -2.20. The number of H-pyrrole nitrogens is 1. The van der Waals surface area contributed by atoms with Crippen LogP contribution in [0, 0.1) is 0 Å². The van der Waals surface area contributed by atoms with Crippen LogP contribution in [0.1, 0.15) is 30.4 Å². The molecule has 2 aromatic rings. The molecule has 0 unspecified atom stereocenters. The largest absolute Gasteiger partial charge is 0.395 e. The van der Waals surface area contributed by atoms with Gasteiger partial charge in [-0.3, -0.25) is 9.59 Å². The van der Waals surface area contributed by atoms with Crippen molar-refractivity contribution in [3.63, 3.8) is 0 Å². The molecule has 2 rings (SSSR count). The van der Waals surface area contributed by atoms with E-state index in [0.717, 1.165) is 12.8 Å². The average molecular weight is 289 g/mol. The number of hydrogen-bond donors (Lipinski definition) is 2. The van der Waals surface area contributed by atoms with Gasteiger partial charge in [-0.15, -0.1) is 0 Å². The second kappa shape index (κ2) is 6.99. The fourth-order valence-corrected chi connectivity index (χ4v) is 2.12. The van der Waals surface area contributed by atoms with Crippen molar-refractivity contribution in [3.8, 4) is 0 Å². The molecule has 1 amide bonds. The van der Waals surface area contributed by atoms with Gasteiger partial charge < -0.3 is 15.0 Å². The van der Waals surface area contributed by atoms with E-state index < -0.39 is 0 Å². The maximum absolute atomic E-state index is 12.4. The number of aromatic nitrogens is 2. The van der Waals surface area contributed by atoms with Gasteiger partial charge in [-0.25, -0.2) is 4.98 Å². The summed E-state index contributed by atoms with van der Waals surface area (Å²) in [5, 5.41) is 9.53. The summed E-state index contributed by atoms with van der Waals surface area (Å²) in [6.07, 6.45) is 1.78. The highest BCUT2D eigenvalue weighted by Gasteiger charge is 2.18. The van der Waals surface area contributed by atoms with Gasteiger partial charge in [0, 0.05) is 13.1 Å². The first kappa shape index (κ1) is 15.2. The van der Waals surface area contributed by atoms with Gasteiger partial charge in [-0.05, 0) is 18.6 Å². The Labute approximate surface area is 122 Å². The zero-order valence-electron chi connectivity index (χ0n) is 12.0. The lowest BCUT2D eigenvalue weighted by atomic mass is 10.2. The number of aliphatic hydroxyl groups is 1. The van der Waals surface area contributed by atoms with E-state index in [-0.39, 0.29) is 30.4 Å². The van der Waals surface area contributed by atoms with Crippen LogP contribution in [0.5, 0.6) is 0 Å². The first-order valence-electron chi connectivity index (χ1n) is 7.06. The number of hydrogen-bond acceptors (Lipinski definition) is 4. The van der Waals surface area contributed by atoms with E-state index in [4.69, 9.17) is 5.11 Å². The van der Waals surface area contributed by atoms with Crippen LogP contribution in [-0.4, -0.2) is 45.6 Å². The van der Waals surface area contributed by atoms with Crippen molar-refractivity contribution in [2.75, 3.05) is 19.7 Å². The number of nitrogens with zero attached hydrogens (tertiary/aromatic N) is 2. The van der Waals surface area contributed by atoms with Gasteiger partial charge in [0.2, 0.25) is 0 Å². The van der Waals surface area contributed by atoms with Crippen molar-refractivity contribution < 1.29 is 9.90 Å². The molecule has 1 aromatic heterocycles. The van der Waals surface area contributed by atoms with Crippen molar-refractivity contribution in [2.45, 2.75) is 19.8 Å². The number of amides is 1. The van der Waals surface area contributed by atoms with E-state index in [1.807, 2.05) is 6.92 Å². The molecule has 0 aliphatic carbocycles. The van der Waals surface area contributed by atoms with Crippen molar-refractivity contribution >= 4 is 16.8 Å². The van der Waals surface area contributed by atoms with Gasteiger partial charge in [0.1, 0.15) is 0 Å². The highest BCUT2D eigenvalue weighted by atomic mass is 16.3. The first-order chi connectivity index (χ1) is 10.2. The second-order valence-corrected chi connectivity index (χ2v) is 4.80. The third-order valence-corrected chi connectivity index (χ3v) is 3.25. The van der Waals surface area contributed by atoms with Gasteiger partial charge in [0.05, 0.1) is 17.5 Å². The van der Waals surface area contributed by atoms with E-state index in [1.54, 1.807) is 24.3 Å². The quantitative estimate of drug-likeness (QED) is 0.835. The predicted molar refractivity (Wildman–Crippen MR) is 80.3 cm³/mol. The molecule has 2 N–H and O–H groups in total. The minimum atomic E-state index is -0.361. The Morgan fingerprint density at radius 1 is 1.33 bits per heavy atom. The molecule has 0 aliphatic heterocycles. The fourth-order valence-electron chi connectivity index (χ4n) is 2.12. The first-order valence-corrected chi connectivity index (χ1v) is 7.06. The van der Waals surface area contributed by atoms with Crippen LogP contribution in [0.3, 0.4) is 0 Å². The minimum Gasteiger partial charge on any atom is -0.395 e. The van der Waals surface area contributed by atoms with Gasteiger partial charge >= 0.3 is 0 Å². The molecule has 1 aromatic carbocycles. The Hall–Kier alpha value is -2.21. The van der Waals surface area contributed by atoms with Crippen LogP contribution in [0.25, 0.3) is 10.9 Å². The lowest BCUT2D eigenvalue weighted by molar-refractivity contribution is 0.0707. The smallest absolute Gasteiger partial charge is 0.289 e. The summed E-state index contributed by atoms with van der Waals surface area (Å²) >= 11 is 0. The molecule has 6 nitrogen and oxygen atoms in total. The Balaban J connectivity index is 2.35. The minimum absolute atomic E-state index is 0.0169. The Kier molecular flexibility index (Phi) is 5.05. The number of nitrogens with one attached hydrogen (secondary N) is 1. The van der Waals surface area contributed by atoms with Gasteiger partial charge in [-0.2, -0.15) is 0 Å². The summed E-state index contributed by atoms with van der Waals surface area (Å²) in [5.74, 6) is -0.344. The Morgan fingerprint density at radius 3 is 2.81 bits per heavy atom. The molecule has 0 saturated heterocycles. The van der Waals surface area contributed by atoms with Crippen LogP contribution in [-0.2, 0) is 0 Å². The van der Waals surface area contributed by atoms with Crippen LogP contribution < -0.4 is 5.56 Å². The van der Waals surface area contributed by atoms with Crippen molar-refractivity contribution in [1.82, 2.24) is 14.9 Å². The highest BCUT2D eigenvalue weighted by Crippen LogP contribution is 2.07. The number of fused-ring (bicyclic) bond motifs is 1. The topological polar surface area (TPSA) is 86.3 Å². The summed E-state index contributed by atoms with van der Waals surface area (Å²) in [4.78, 5) is 32.7. The molecule has 0 radical (unpaired) electrons. The molecule has 112 valence electrons. The van der Waals surface area contributed by atoms with E-state index in [0.29, 0.717) is 17.4 Å². The predicted octanol–water partition coefficient (Wildman–Crippen LogP) is 1.16. The molecule has 0 saturated carbocycles. The van der Waals surface area contributed by atoms with Crippen LogP contribution in [0.4, 0.5) is 0 Å². The molecule has 0 spiro atoms. The van der Waals surface area contributed by atoms with Gasteiger partial charge in [0.15, 0.2) is 5.82 Å². The average Bonchev–Trinajstić information content (AvgIpc) is 2.50. The molecule has 0 bridgehead atoms. The van der Waals surface area contributed by atoms with Crippen LogP contribution >= 0.6 is 0 Å². The molecule has 6 heteroatoms. The molecule has 0 atom stereocenters. The van der Waals surface area contributed by atoms with Crippen molar-refractivity contribution in [1.29, 1.82) is 0 Å². The van der Waals surface area contributed by atoms with E-state index in [9.17, 15) is 9.59 Å². The second-order valence-electron chi connectivity index (χ2n) is 4.80. The summed E-state index contributed by atoms with van der Waals surface area (Å²) in [6.45, 7) is 2.67. The SMILES string of the molecule is CCCCN(CCO)C(=O)c1nc2ccccc2c(=O)[nH]1. The number of carbonyl (C=O) groups excluding carboxylic acids is 1. The molecular weight excluding hydrogens is 270 g/mol. The number of aromatic amines is 1. The normalized spacial score (nSPS) is 10.8. The van der Waals surface area contributed by atoms with Crippen molar-refractivity contribution in [3.05, 3.63) is 40.4 Å². The van der Waals surface area contributed by atoms with Gasteiger partial charge in [0.25, 0.3) is 11.5 Å². The zero-order valence-corrected chi connectivity index (χ0v) is 12.0. The van der Waals surface area contributed by atoms with E-state index in [1.165, 1.54) is 4.90 Å². The van der Waals surface area contributed by atoms with Crippen LogP contribution in [0.15, 0.2) is 29.1 Å². The number of benzene rings is 1. The molecular formula is C15H19N3O3. The molecule has 0 aliphatic rings. The summed E-state index contributed by atoms with van der Waals surface area (Å²) in [5.41, 5.74) is 0.160. The summed E-state index contributed by atoms with van der Waals surface area (Å²) < 4.78 is 0. The summed E-state index contributed by atoms with van der Waals surface area (Å²) in [7, 11) is 0. The van der Waals surface area contributed by atoms with E-state index in [2.05, 4.69) is 9.97 Å². The Bertz CT molecular complexity index is 681. The van der Waals surface area contributed by atoms with Crippen molar-refractivity contribution in [2.24, 2.45) is 0 Å². The maximum Gasteiger partial charge on any atom is 0.289 e. The highest BCUT2D eigenvalue weighted by molar-refractivity contribution is 5.92. The number of rotatable bonds is 6. The number of aliphatic hydroxyl groups excluding tert-OH is 1.